The van der Waals surface area contributed by atoms with Crippen LogP contribution in [0.5, 0.6) is 5.75 Å². The van der Waals surface area contributed by atoms with E-state index in [-0.39, 0.29) is 11.6 Å². The maximum absolute atomic E-state index is 13.1. The molecule has 1 unspecified atom stereocenters. The molecule has 1 aromatic rings. The average molecular weight is 273 g/mol. The quantitative estimate of drug-likeness (QED) is 0.706. The molecule has 18 heavy (non-hydrogen) atoms. The van der Waals surface area contributed by atoms with Gasteiger partial charge in [0.2, 0.25) is 0 Å². The lowest BCUT2D eigenvalue weighted by atomic mass is 10.2. The van der Waals surface area contributed by atoms with E-state index >= 15 is 0 Å². The average Bonchev–Trinajstić information content (AvgIpc) is 2.35. The van der Waals surface area contributed by atoms with E-state index in [1.54, 1.807) is 18.2 Å². The summed E-state index contributed by atoms with van der Waals surface area (Å²) in [6.45, 7) is 0.383. The van der Waals surface area contributed by atoms with Crippen LogP contribution in [0.15, 0.2) is 24.3 Å². The molecule has 0 bridgehead atoms. The molecule has 100 valence electrons. The number of thioether (sulfide) groups is 1. The molecule has 3 N–H and O–H groups in total. The summed E-state index contributed by atoms with van der Waals surface area (Å²) in [5, 5.41) is 8.56. The Morgan fingerprint density at radius 1 is 1.44 bits per heavy atom. The number of hydrogen-bond donors (Lipinski definition) is 2. The van der Waals surface area contributed by atoms with E-state index < -0.39 is 12.0 Å². The van der Waals surface area contributed by atoms with E-state index in [9.17, 15) is 9.18 Å². The molecule has 0 aliphatic heterocycles. The van der Waals surface area contributed by atoms with E-state index in [0.29, 0.717) is 24.5 Å². The zero-order valence-electron chi connectivity index (χ0n) is 9.84. The molecule has 0 aliphatic carbocycles. The SMILES string of the molecule is NC(CCSCCOc1ccccc1F)C(=O)O. The summed E-state index contributed by atoms with van der Waals surface area (Å²) < 4.78 is 18.4. The Morgan fingerprint density at radius 3 is 2.83 bits per heavy atom. The van der Waals surface area contributed by atoms with Crippen LogP contribution in [-0.2, 0) is 4.79 Å². The van der Waals surface area contributed by atoms with Gasteiger partial charge in [0, 0.05) is 5.75 Å². The van der Waals surface area contributed by atoms with Crippen molar-refractivity contribution in [1.29, 1.82) is 0 Å². The van der Waals surface area contributed by atoms with Gasteiger partial charge in [0.15, 0.2) is 11.6 Å². The van der Waals surface area contributed by atoms with E-state index in [2.05, 4.69) is 0 Å². The van der Waals surface area contributed by atoms with Crippen LogP contribution in [-0.4, -0.2) is 35.2 Å². The standard InChI is InChI=1S/C12H16FNO3S/c13-9-3-1-2-4-11(9)17-6-8-18-7-5-10(14)12(15)16/h1-4,10H,5-8,14H2,(H,15,16). The van der Waals surface area contributed by atoms with Crippen LogP contribution in [0.1, 0.15) is 6.42 Å². The van der Waals surface area contributed by atoms with Crippen LogP contribution in [0.2, 0.25) is 0 Å². The largest absolute Gasteiger partial charge is 0.490 e. The van der Waals surface area contributed by atoms with Crippen molar-refractivity contribution in [2.45, 2.75) is 12.5 Å². The number of carboxylic acids is 1. The third kappa shape index (κ3) is 5.37. The van der Waals surface area contributed by atoms with E-state index in [0.717, 1.165) is 0 Å². The highest BCUT2D eigenvalue weighted by Crippen LogP contribution is 2.15. The number of halogens is 1. The van der Waals surface area contributed by atoms with Gasteiger partial charge < -0.3 is 15.6 Å². The molecule has 1 aromatic carbocycles. The minimum Gasteiger partial charge on any atom is -0.490 e. The molecule has 0 amide bonds. The lowest BCUT2D eigenvalue weighted by Crippen LogP contribution is -2.30. The lowest BCUT2D eigenvalue weighted by Gasteiger charge is -2.08. The van der Waals surface area contributed by atoms with Crippen molar-refractivity contribution in [3.63, 3.8) is 0 Å². The summed E-state index contributed by atoms with van der Waals surface area (Å²) >= 11 is 1.53. The first-order valence-corrected chi connectivity index (χ1v) is 6.70. The van der Waals surface area contributed by atoms with Gasteiger partial charge in [-0.1, -0.05) is 12.1 Å². The number of para-hydroxylation sites is 1. The monoisotopic (exact) mass is 273 g/mol. The van der Waals surface area contributed by atoms with E-state index in [4.69, 9.17) is 15.6 Å². The summed E-state index contributed by atoms with van der Waals surface area (Å²) in [6, 6.07) is 5.40. The second-order valence-corrected chi connectivity index (χ2v) is 4.85. The number of rotatable bonds is 8. The van der Waals surface area contributed by atoms with Crippen molar-refractivity contribution in [3.05, 3.63) is 30.1 Å². The molecule has 0 spiro atoms. The Morgan fingerprint density at radius 2 is 2.17 bits per heavy atom. The number of benzene rings is 1. The topological polar surface area (TPSA) is 72.5 Å². The number of carboxylic acid groups (broad SMARTS) is 1. The molecule has 6 heteroatoms. The summed E-state index contributed by atoms with van der Waals surface area (Å²) in [6.07, 6.45) is 0.416. The van der Waals surface area contributed by atoms with Crippen molar-refractivity contribution in [1.82, 2.24) is 0 Å². The Kier molecular flexibility index (Phi) is 6.53. The molecule has 0 radical (unpaired) electrons. The predicted molar refractivity (Wildman–Crippen MR) is 69.4 cm³/mol. The minimum atomic E-state index is -0.988. The molecule has 0 heterocycles. The summed E-state index contributed by atoms with van der Waals surface area (Å²) in [5.41, 5.74) is 5.35. The van der Waals surface area contributed by atoms with Crippen LogP contribution in [0.25, 0.3) is 0 Å². The highest BCUT2D eigenvalue weighted by Gasteiger charge is 2.10. The highest BCUT2D eigenvalue weighted by molar-refractivity contribution is 7.99. The van der Waals surface area contributed by atoms with Crippen molar-refractivity contribution in [2.24, 2.45) is 5.73 Å². The number of nitrogens with two attached hydrogens (primary N) is 1. The molecule has 0 aromatic heterocycles. The second-order valence-electron chi connectivity index (χ2n) is 3.62. The Labute approximate surface area is 109 Å². The second kappa shape index (κ2) is 7.94. The first-order chi connectivity index (χ1) is 8.61. The van der Waals surface area contributed by atoms with E-state index in [1.807, 2.05) is 0 Å². The fourth-order valence-electron chi connectivity index (χ4n) is 1.21. The molecule has 0 saturated heterocycles. The van der Waals surface area contributed by atoms with Gasteiger partial charge in [-0.05, 0) is 24.3 Å². The smallest absolute Gasteiger partial charge is 0.320 e. The van der Waals surface area contributed by atoms with Gasteiger partial charge in [0.25, 0.3) is 0 Å². The molecule has 0 saturated carbocycles. The van der Waals surface area contributed by atoms with E-state index in [1.165, 1.54) is 17.8 Å². The van der Waals surface area contributed by atoms with Crippen LogP contribution in [0.4, 0.5) is 4.39 Å². The van der Waals surface area contributed by atoms with Gasteiger partial charge in [-0.25, -0.2) is 4.39 Å². The highest BCUT2D eigenvalue weighted by atomic mass is 32.2. The molecular formula is C12H16FNO3S. The normalized spacial score (nSPS) is 12.1. The maximum atomic E-state index is 13.1. The van der Waals surface area contributed by atoms with Gasteiger partial charge in [0.05, 0.1) is 6.61 Å². The first-order valence-electron chi connectivity index (χ1n) is 5.54. The van der Waals surface area contributed by atoms with Crippen molar-refractivity contribution in [2.75, 3.05) is 18.1 Å². The zero-order chi connectivity index (χ0) is 13.4. The fraction of sp³-hybridized carbons (Fsp3) is 0.417. The van der Waals surface area contributed by atoms with Gasteiger partial charge in [0.1, 0.15) is 6.04 Å². The van der Waals surface area contributed by atoms with Gasteiger partial charge in [-0.2, -0.15) is 11.8 Å². The third-order valence-electron chi connectivity index (χ3n) is 2.21. The van der Waals surface area contributed by atoms with Crippen LogP contribution < -0.4 is 10.5 Å². The summed E-state index contributed by atoms with van der Waals surface area (Å²) in [4.78, 5) is 10.4. The lowest BCUT2D eigenvalue weighted by molar-refractivity contribution is -0.138. The van der Waals surface area contributed by atoms with Gasteiger partial charge in [-0.15, -0.1) is 0 Å². The molecule has 1 atom stereocenters. The summed E-state index contributed by atoms with van der Waals surface area (Å²) in [5.74, 6) is 0.184. The minimum absolute atomic E-state index is 0.236. The number of ether oxygens (including phenoxy) is 1. The van der Waals surface area contributed by atoms with Gasteiger partial charge in [-0.3, -0.25) is 4.79 Å². The first kappa shape index (κ1) is 14.8. The molecule has 4 nitrogen and oxygen atoms in total. The van der Waals surface area contributed by atoms with Crippen LogP contribution >= 0.6 is 11.8 Å². The number of aliphatic carboxylic acids is 1. The molecule has 1 rings (SSSR count). The maximum Gasteiger partial charge on any atom is 0.320 e. The van der Waals surface area contributed by atoms with Crippen molar-refractivity contribution in [3.8, 4) is 5.75 Å². The molecule has 0 aliphatic rings. The summed E-state index contributed by atoms with van der Waals surface area (Å²) in [7, 11) is 0. The Bertz CT molecular complexity index is 389. The van der Waals surface area contributed by atoms with Crippen molar-refractivity contribution < 1.29 is 19.0 Å². The number of hydrogen-bond acceptors (Lipinski definition) is 4. The van der Waals surface area contributed by atoms with Crippen LogP contribution in [0.3, 0.4) is 0 Å². The number of carbonyl (C=O) groups is 1. The molecule has 0 fully saturated rings. The Hall–Kier alpha value is -1.27. The third-order valence-corrected chi connectivity index (χ3v) is 3.19. The predicted octanol–water partition coefficient (Wildman–Crippen LogP) is 1.74. The molecular weight excluding hydrogens is 257 g/mol. The fourth-order valence-corrected chi connectivity index (χ4v) is 2.03. The van der Waals surface area contributed by atoms with Gasteiger partial charge >= 0.3 is 5.97 Å². The Balaban J connectivity index is 2.09. The van der Waals surface area contributed by atoms with Crippen molar-refractivity contribution >= 4 is 17.7 Å². The van der Waals surface area contributed by atoms with Crippen LogP contribution in [0, 0.1) is 5.82 Å². The zero-order valence-corrected chi connectivity index (χ0v) is 10.7.